The molecule has 296 valence electrons. The maximum Gasteiger partial charge on any atom is 0.227 e. The lowest BCUT2D eigenvalue weighted by molar-refractivity contribution is -0.120. The molecule has 0 fully saturated rings. The molecule has 0 saturated heterocycles. The van der Waals surface area contributed by atoms with E-state index in [2.05, 4.69) is 123 Å². The summed E-state index contributed by atoms with van der Waals surface area (Å²) < 4.78 is 0. The number of pyridine rings is 2. The van der Waals surface area contributed by atoms with Crippen LogP contribution in [0.25, 0.3) is 22.5 Å². The molecule has 6 heteroatoms. The molecular formula is C52H56N4O2. The highest BCUT2D eigenvalue weighted by molar-refractivity contribution is 5.98. The summed E-state index contributed by atoms with van der Waals surface area (Å²) in [5.74, 6) is 0.426. The third kappa shape index (κ3) is 9.45. The largest absolute Gasteiger partial charge is 0.307 e. The van der Waals surface area contributed by atoms with Gasteiger partial charge in [0, 0.05) is 58.8 Å². The van der Waals surface area contributed by atoms with Crippen LogP contribution in [0, 0.1) is 0 Å². The number of hydrogen-bond acceptors (Lipinski definition) is 4. The Morgan fingerprint density at radius 1 is 0.552 bits per heavy atom. The van der Waals surface area contributed by atoms with E-state index in [1.165, 1.54) is 22.3 Å². The molecule has 4 heterocycles. The van der Waals surface area contributed by atoms with E-state index in [0.717, 1.165) is 85.3 Å². The Balaban J connectivity index is 0.000000177. The van der Waals surface area contributed by atoms with Crippen molar-refractivity contribution in [1.29, 1.82) is 0 Å². The lowest BCUT2D eigenvalue weighted by Crippen LogP contribution is -2.51. The number of carbonyl (C=O) groups excluding carboxylic acids is 2. The van der Waals surface area contributed by atoms with Gasteiger partial charge in [-0.25, -0.2) is 0 Å². The summed E-state index contributed by atoms with van der Waals surface area (Å²) in [4.78, 5) is 39.8. The lowest BCUT2D eigenvalue weighted by Gasteiger charge is -2.44. The van der Waals surface area contributed by atoms with Gasteiger partial charge in [0.2, 0.25) is 11.8 Å². The highest BCUT2D eigenvalue weighted by Gasteiger charge is 2.38. The molecule has 8 rings (SSSR count). The molecule has 0 bridgehead atoms. The van der Waals surface area contributed by atoms with E-state index in [0.29, 0.717) is 12.8 Å². The molecule has 0 N–H and O–H groups in total. The van der Waals surface area contributed by atoms with E-state index < -0.39 is 0 Å². The molecule has 0 spiro atoms. The first-order valence-corrected chi connectivity index (χ1v) is 20.9. The Hall–Kier alpha value is -5.88. The molecule has 2 aliphatic rings. The van der Waals surface area contributed by atoms with Crippen LogP contribution < -0.4 is 9.80 Å². The van der Waals surface area contributed by atoms with Gasteiger partial charge in [0.05, 0.1) is 11.4 Å². The number of rotatable bonds is 10. The van der Waals surface area contributed by atoms with Crippen LogP contribution in [0.1, 0.15) is 88.5 Å². The quantitative estimate of drug-likeness (QED) is 0.139. The van der Waals surface area contributed by atoms with Gasteiger partial charge in [-0.3, -0.25) is 19.6 Å². The van der Waals surface area contributed by atoms with Crippen LogP contribution in [0.15, 0.2) is 146 Å². The van der Waals surface area contributed by atoms with Crippen LogP contribution in [0.4, 0.5) is 11.4 Å². The van der Waals surface area contributed by atoms with Crippen molar-refractivity contribution < 1.29 is 9.59 Å². The van der Waals surface area contributed by atoms with Crippen LogP contribution in [-0.4, -0.2) is 32.9 Å². The zero-order chi connectivity index (χ0) is 40.5. The number of benzene rings is 4. The van der Waals surface area contributed by atoms with E-state index in [9.17, 15) is 9.59 Å². The third-order valence-electron chi connectivity index (χ3n) is 11.7. The number of anilines is 2. The van der Waals surface area contributed by atoms with E-state index in [4.69, 9.17) is 0 Å². The van der Waals surface area contributed by atoms with Crippen LogP contribution in [-0.2, 0) is 35.3 Å². The van der Waals surface area contributed by atoms with Crippen molar-refractivity contribution in [3.05, 3.63) is 168 Å². The average Bonchev–Trinajstić information content (AvgIpc) is 3.24. The van der Waals surface area contributed by atoms with Gasteiger partial charge in [0.1, 0.15) is 0 Å². The predicted octanol–water partition coefficient (Wildman–Crippen LogP) is 11.7. The maximum atomic E-state index is 13.3. The first-order chi connectivity index (χ1) is 28.1. The first-order valence-electron chi connectivity index (χ1n) is 20.9. The van der Waals surface area contributed by atoms with Gasteiger partial charge in [-0.1, -0.05) is 97.1 Å². The van der Waals surface area contributed by atoms with E-state index in [-0.39, 0.29) is 22.9 Å². The van der Waals surface area contributed by atoms with Gasteiger partial charge < -0.3 is 9.80 Å². The molecule has 2 amide bonds. The van der Waals surface area contributed by atoms with Gasteiger partial charge in [0.15, 0.2) is 0 Å². The Bertz CT molecular complexity index is 2220. The molecule has 4 aromatic carbocycles. The monoisotopic (exact) mass is 768 g/mol. The zero-order valence-corrected chi connectivity index (χ0v) is 34.5. The topological polar surface area (TPSA) is 66.4 Å². The van der Waals surface area contributed by atoms with E-state index in [1.807, 2.05) is 70.7 Å². The number of fused-ring (bicyclic) bond motifs is 2. The Kier molecular flexibility index (Phi) is 12.6. The zero-order valence-electron chi connectivity index (χ0n) is 34.5. The minimum Gasteiger partial charge on any atom is -0.307 e. The van der Waals surface area contributed by atoms with E-state index in [1.54, 1.807) is 0 Å². The van der Waals surface area contributed by atoms with Gasteiger partial charge >= 0.3 is 0 Å². The van der Waals surface area contributed by atoms with Crippen molar-refractivity contribution in [2.24, 2.45) is 0 Å². The summed E-state index contributed by atoms with van der Waals surface area (Å²) in [5.41, 5.74) is 10.9. The number of aromatic nitrogens is 2. The molecule has 6 nitrogen and oxygen atoms in total. The second-order valence-corrected chi connectivity index (χ2v) is 16.8. The fourth-order valence-electron chi connectivity index (χ4n) is 8.58. The summed E-state index contributed by atoms with van der Waals surface area (Å²) in [6.07, 6.45) is 12.2. The molecule has 2 aromatic heterocycles. The minimum absolute atomic E-state index is 0.181. The van der Waals surface area contributed by atoms with Crippen molar-refractivity contribution in [3.63, 3.8) is 0 Å². The second kappa shape index (κ2) is 18.1. The highest BCUT2D eigenvalue weighted by atomic mass is 16.2. The third-order valence-corrected chi connectivity index (χ3v) is 11.7. The van der Waals surface area contributed by atoms with Crippen molar-refractivity contribution in [1.82, 2.24) is 9.97 Å². The van der Waals surface area contributed by atoms with Gasteiger partial charge in [-0.05, 0) is 138 Å². The molecule has 58 heavy (non-hydrogen) atoms. The summed E-state index contributed by atoms with van der Waals surface area (Å²) in [6, 6.07) is 45.4. The summed E-state index contributed by atoms with van der Waals surface area (Å²) in [7, 11) is 0. The maximum absolute atomic E-state index is 13.3. The molecule has 2 aliphatic heterocycles. The van der Waals surface area contributed by atoms with E-state index >= 15 is 0 Å². The second-order valence-electron chi connectivity index (χ2n) is 16.8. The number of nitrogens with zero attached hydrogens (tertiary/aromatic N) is 4. The minimum atomic E-state index is -0.181. The lowest BCUT2D eigenvalue weighted by atomic mass is 9.84. The fourth-order valence-corrected chi connectivity index (χ4v) is 8.58. The van der Waals surface area contributed by atoms with Crippen molar-refractivity contribution in [2.45, 2.75) is 103 Å². The molecule has 0 aliphatic carbocycles. The summed E-state index contributed by atoms with van der Waals surface area (Å²) in [5, 5.41) is 0. The Labute approximate surface area is 345 Å². The summed E-state index contributed by atoms with van der Waals surface area (Å²) in [6.45, 7) is 8.72. The van der Waals surface area contributed by atoms with Gasteiger partial charge in [0.25, 0.3) is 0 Å². The number of carbonyl (C=O) groups is 2. The Morgan fingerprint density at radius 3 is 1.66 bits per heavy atom. The van der Waals surface area contributed by atoms with Crippen molar-refractivity contribution in [3.8, 4) is 22.5 Å². The Morgan fingerprint density at radius 2 is 1.09 bits per heavy atom. The molecular weight excluding hydrogens is 713 g/mol. The average molecular weight is 769 g/mol. The standard InChI is InChI=1S/2C26H28N2O/c1-26(2)18-17-22-21(23-14-6-7-19-27-23)13-9-15-24(22)28(26)25(29)16-8-12-20-10-4-3-5-11-20;1-26(2)17-16-21-14-15-22(23-12-6-7-18-27-23)19-24(21)28(26)25(29)13-8-11-20-9-4-3-5-10-20/h3-7,9-11,13-15,19H,8,12,16-18H2,1-2H3;3-7,9-10,12,14-15,18-19H,8,11,13,16-17H2,1-2H3. The smallest absolute Gasteiger partial charge is 0.227 e. The van der Waals surface area contributed by atoms with Crippen molar-refractivity contribution in [2.75, 3.05) is 9.80 Å². The van der Waals surface area contributed by atoms with Gasteiger partial charge in [-0.2, -0.15) is 0 Å². The van der Waals surface area contributed by atoms with Crippen molar-refractivity contribution >= 4 is 23.2 Å². The normalized spacial score (nSPS) is 15.0. The highest BCUT2D eigenvalue weighted by Crippen LogP contribution is 2.42. The molecule has 6 aromatic rings. The molecule has 0 radical (unpaired) electrons. The number of hydrogen-bond donors (Lipinski definition) is 0. The summed E-state index contributed by atoms with van der Waals surface area (Å²) >= 11 is 0. The SMILES string of the molecule is CC1(C)CCc2c(-c3ccccn3)cccc2N1C(=O)CCCc1ccccc1.CC1(C)CCc2ccc(-c3ccccn3)cc2N1C(=O)CCCc1ccccc1. The van der Waals surface area contributed by atoms with Gasteiger partial charge in [-0.15, -0.1) is 0 Å². The first kappa shape index (κ1) is 40.3. The van der Waals surface area contributed by atoms with Crippen LogP contribution in [0.5, 0.6) is 0 Å². The predicted molar refractivity (Wildman–Crippen MR) is 238 cm³/mol. The van der Waals surface area contributed by atoms with Crippen LogP contribution in [0.3, 0.4) is 0 Å². The molecule has 0 atom stereocenters. The molecule has 0 saturated carbocycles. The van der Waals surface area contributed by atoms with Crippen LogP contribution in [0.2, 0.25) is 0 Å². The fraction of sp³-hybridized carbons (Fsp3) is 0.308. The van der Waals surface area contributed by atoms with Crippen LogP contribution >= 0.6 is 0 Å². The number of amides is 2. The number of aryl methyl sites for hydroxylation is 3. The molecule has 0 unspecified atom stereocenters.